The molecule has 0 aliphatic heterocycles. The van der Waals surface area contributed by atoms with Gasteiger partial charge in [0.25, 0.3) is 0 Å². The lowest BCUT2D eigenvalue weighted by Crippen LogP contribution is -2.33. The number of benzene rings is 1. The maximum atomic E-state index is 6.55. The van der Waals surface area contributed by atoms with Gasteiger partial charge in [0, 0.05) is 15.6 Å². The van der Waals surface area contributed by atoms with Crippen LogP contribution in [0.1, 0.15) is 56.6 Å². The molecule has 2 N–H and O–H groups in total. The molecule has 1 aromatic rings. The average Bonchev–Trinajstić information content (AvgIpc) is 2.76. The fourth-order valence-electron chi connectivity index (χ4n) is 2.84. The molecule has 1 saturated carbocycles. The van der Waals surface area contributed by atoms with E-state index in [1.807, 2.05) is 0 Å². The third kappa shape index (κ3) is 2.43. The predicted molar refractivity (Wildman–Crippen MR) is 79.1 cm³/mol. The molecule has 0 amide bonds. The summed E-state index contributed by atoms with van der Waals surface area (Å²) in [7, 11) is 1.73. The molecule has 1 aliphatic carbocycles. The van der Waals surface area contributed by atoms with Gasteiger partial charge in [0.05, 0.1) is 7.11 Å². The number of hydrogen-bond donors (Lipinski definition) is 1. The summed E-state index contributed by atoms with van der Waals surface area (Å²) in [4.78, 5) is 0. The Labute approximate surface area is 118 Å². The Balaban J connectivity index is 2.50. The molecule has 2 nitrogen and oxygen atoms in total. The average molecular weight is 312 g/mol. The number of methoxy groups -OCH3 is 1. The Morgan fingerprint density at radius 2 is 1.89 bits per heavy atom. The van der Waals surface area contributed by atoms with E-state index in [4.69, 9.17) is 10.5 Å². The summed E-state index contributed by atoms with van der Waals surface area (Å²) in [6.07, 6.45) is 4.53. The van der Waals surface area contributed by atoms with Crippen molar-refractivity contribution in [2.45, 2.75) is 51.0 Å². The fraction of sp³-hybridized carbons (Fsp3) is 0.600. The minimum absolute atomic E-state index is 0.205. The Morgan fingerprint density at radius 1 is 1.28 bits per heavy atom. The van der Waals surface area contributed by atoms with Crippen LogP contribution in [0, 0.1) is 0 Å². The van der Waals surface area contributed by atoms with Crippen molar-refractivity contribution in [2.75, 3.05) is 7.11 Å². The SMILES string of the molecule is COc1cc(C(C)C)c(Br)cc1C1(N)CCCC1. The third-order valence-electron chi connectivity index (χ3n) is 3.97. The van der Waals surface area contributed by atoms with Gasteiger partial charge in [-0.05, 0) is 36.5 Å². The van der Waals surface area contributed by atoms with Gasteiger partial charge in [-0.2, -0.15) is 0 Å². The van der Waals surface area contributed by atoms with Crippen LogP contribution in [0.4, 0.5) is 0 Å². The minimum atomic E-state index is -0.205. The number of ether oxygens (including phenoxy) is 1. The van der Waals surface area contributed by atoms with Crippen LogP contribution in [-0.4, -0.2) is 7.11 Å². The maximum Gasteiger partial charge on any atom is 0.124 e. The van der Waals surface area contributed by atoms with Gasteiger partial charge in [-0.25, -0.2) is 0 Å². The molecule has 0 unspecified atom stereocenters. The highest BCUT2D eigenvalue weighted by Gasteiger charge is 2.34. The Kier molecular flexibility index (Phi) is 4.02. The zero-order valence-corrected chi connectivity index (χ0v) is 13.0. The fourth-order valence-corrected chi connectivity index (χ4v) is 3.65. The molecule has 2 rings (SSSR count). The molecule has 0 spiro atoms. The van der Waals surface area contributed by atoms with Gasteiger partial charge >= 0.3 is 0 Å². The van der Waals surface area contributed by atoms with E-state index in [2.05, 4.69) is 41.9 Å². The molecule has 3 heteroatoms. The third-order valence-corrected chi connectivity index (χ3v) is 4.66. The maximum absolute atomic E-state index is 6.55. The summed E-state index contributed by atoms with van der Waals surface area (Å²) < 4.78 is 6.71. The van der Waals surface area contributed by atoms with E-state index in [0.29, 0.717) is 5.92 Å². The van der Waals surface area contributed by atoms with Crippen molar-refractivity contribution in [3.05, 3.63) is 27.7 Å². The monoisotopic (exact) mass is 311 g/mol. The van der Waals surface area contributed by atoms with Crippen LogP contribution in [0.15, 0.2) is 16.6 Å². The predicted octanol–water partition coefficient (Wildman–Crippen LogP) is 4.31. The van der Waals surface area contributed by atoms with E-state index in [1.165, 1.54) is 18.4 Å². The van der Waals surface area contributed by atoms with Crippen LogP contribution in [0.5, 0.6) is 5.75 Å². The number of halogens is 1. The van der Waals surface area contributed by atoms with Crippen LogP contribution < -0.4 is 10.5 Å². The van der Waals surface area contributed by atoms with Gasteiger partial charge in [0.1, 0.15) is 5.75 Å². The molecular weight excluding hydrogens is 290 g/mol. The zero-order chi connectivity index (χ0) is 13.3. The first-order valence-corrected chi connectivity index (χ1v) is 7.44. The van der Waals surface area contributed by atoms with Crippen molar-refractivity contribution in [3.63, 3.8) is 0 Å². The smallest absolute Gasteiger partial charge is 0.124 e. The van der Waals surface area contributed by atoms with E-state index in [1.54, 1.807) is 7.11 Å². The second kappa shape index (κ2) is 5.22. The van der Waals surface area contributed by atoms with Gasteiger partial charge in [0.15, 0.2) is 0 Å². The highest BCUT2D eigenvalue weighted by molar-refractivity contribution is 9.10. The van der Waals surface area contributed by atoms with Crippen molar-refractivity contribution in [2.24, 2.45) is 5.73 Å². The lowest BCUT2D eigenvalue weighted by molar-refractivity contribution is 0.378. The Bertz CT molecular complexity index is 436. The van der Waals surface area contributed by atoms with E-state index in [-0.39, 0.29) is 5.54 Å². The summed E-state index contributed by atoms with van der Waals surface area (Å²) in [5.74, 6) is 1.41. The van der Waals surface area contributed by atoms with Crippen LogP contribution in [0.2, 0.25) is 0 Å². The molecule has 0 heterocycles. The Morgan fingerprint density at radius 3 is 2.39 bits per heavy atom. The summed E-state index contributed by atoms with van der Waals surface area (Å²) in [6.45, 7) is 4.37. The molecule has 100 valence electrons. The highest BCUT2D eigenvalue weighted by Crippen LogP contribution is 2.43. The van der Waals surface area contributed by atoms with Gasteiger partial charge in [0.2, 0.25) is 0 Å². The molecule has 18 heavy (non-hydrogen) atoms. The van der Waals surface area contributed by atoms with E-state index < -0.39 is 0 Å². The van der Waals surface area contributed by atoms with Crippen LogP contribution in [-0.2, 0) is 5.54 Å². The molecule has 1 fully saturated rings. The standard InChI is InChI=1S/C15H22BrNO/c1-10(2)11-8-14(18-3)12(9-13(11)16)15(17)6-4-5-7-15/h8-10H,4-7,17H2,1-3H3. The topological polar surface area (TPSA) is 35.2 Å². The Hall–Kier alpha value is -0.540. The van der Waals surface area contributed by atoms with Crippen LogP contribution >= 0.6 is 15.9 Å². The first-order valence-electron chi connectivity index (χ1n) is 6.65. The quantitative estimate of drug-likeness (QED) is 0.902. The second-order valence-electron chi connectivity index (χ2n) is 5.59. The zero-order valence-electron chi connectivity index (χ0n) is 11.4. The lowest BCUT2D eigenvalue weighted by atomic mass is 9.87. The highest BCUT2D eigenvalue weighted by atomic mass is 79.9. The summed E-state index contributed by atoms with van der Waals surface area (Å²) >= 11 is 3.67. The van der Waals surface area contributed by atoms with Gasteiger partial charge < -0.3 is 10.5 Å². The van der Waals surface area contributed by atoms with Crippen molar-refractivity contribution in [1.82, 2.24) is 0 Å². The molecule has 0 atom stereocenters. The number of rotatable bonds is 3. The van der Waals surface area contributed by atoms with Crippen LogP contribution in [0.25, 0.3) is 0 Å². The molecule has 1 aromatic carbocycles. The largest absolute Gasteiger partial charge is 0.496 e. The minimum Gasteiger partial charge on any atom is -0.496 e. The van der Waals surface area contributed by atoms with E-state index in [9.17, 15) is 0 Å². The lowest BCUT2D eigenvalue weighted by Gasteiger charge is -2.27. The van der Waals surface area contributed by atoms with E-state index >= 15 is 0 Å². The summed E-state index contributed by atoms with van der Waals surface area (Å²) in [6, 6.07) is 4.30. The summed E-state index contributed by atoms with van der Waals surface area (Å²) in [5, 5.41) is 0. The van der Waals surface area contributed by atoms with Crippen molar-refractivity contribution < 1.29 is 4.74 Å². The van der Waals surface area contributed by atoms with Crippen molar-refractivity contribution in [3.8, 4) is 5.75 Å². The van der Waals surface area contributed by atoms with Gasteiger partial charge in [-0.15, -0.1) is 0 Å². The molecule has 0 aromatic heterocycles. The van der Waals surface area contributed by atoms with E-state index in [0.717, 1.165) is 28.6 Å². The first-order chi connectivity index (χ1) is 8.48. The first kappa shape index (κ1) is 13.9. The molecule has 0 radical (unpaired) electrons. The normalized spacial score (nSPS) is 18.3. The van der Waals surface area contributed by atoms with Gasteiger partial charge in [-0.1, -0.05) is 42.6 Å². The molecule has 0 saturated heterocycles. The van der Waals surface area contributed by atoms with Gasteiger partial charge in [-0.3, -0.25) is 0 Å². The number of nitrogens with two attached hydrogens (primary N) is 1. The molecule has 0 bridgehead atoms. The van der Waals surface area contributed by atoms with Crippen molar-refractivity contribution in [1.29, 1.82) is 0 Å². The summed E-state index contributed by atoms with van der Waals surface area (Å²) in [5.41, 5.74) is 8.77. The molecule has 1 aliphatic rings. The second-order valence-corrected chi connectivity index (χ2v) is 6.45. The molecular formula is C15H22BrNO. The van der Waals surface area contributed by atoms with Crippen LogP contribution in [0.3, 0.4) is 0 Å². The number of hydrogen-bond acceptors (Lipinski definition) is 2. The van der Waals surface area contributed by atoms with Crippen molar-refractivity contribution >= 4 is 15.9 Å².